The van der Waals surface area contributed by atoms with Gasteiger partial charge >= 0.3 is 0 Å². The minimum atomic E-state index is -0.995. The molecule has 78 valence electrons. The Balaban J connectivity index is 2.58. The summed E-state index contributed by atoms with van der Waals surface area (Å²) in [5, 5.41) is 9.14. The van der Waals surface area contributed by atoms with Crippen molar-refractivity contribution in [2.75, 3.05) is 26.4 Å². The summed E-state index contributed by atoms with van der Waals surface area (Å²) < 4.78 is 18.8. The molecule has 13 heavy (non-hydrogen) atoms. The molecule has 0 radical (unpaired) electrons. The fraction of sp³-hybridized carbons (Fsp3) is 1.00. The molecular weight excluding hydrogens is 190 g/mol. The Bertz CT molecular complexity index is 186. The standard InChI is InChI=1S/C8H17NO3S/c1-7(2)13(11)9-3-4-12-6-8(9)5-10/h7-8,10H,3-6H2,1-2H3. The molecule has 1 aliphatic heterocycles. The number of aliphatic hydroxyl groups is 1. The summed E-state index contributed by atoms with van der Waals surface area (Å²) in [4.78, 5) is 0. The second-order valence-electron chi connectivity index (χ2n) is 3.38. The van der Waals surface area contributed by atoms with Gasteiger partial charge < -0.3 is 9.84 Å². The van der Waals surface area contributed by atoms with E-state index in [2.05, 4.69) is 0 Å². The summed E-state index contributed by atoms with van der Waals surface area (Å²) in [6.45, 7) is 5.58. The Labute approximate surface area is 81.5 Å². The third kappa shape index (κ3) is 2.74. The maximum atomic E-state index is 11.7. The third-order valence-corrected chi connectivity index (χ3v) is 3.77. The van der Waals surface area contributed by atoms with E-state index in [0.717, 1.165) is 0 Å². The van der Waals surface area contributed by atoms with Gasteiger partial charge in [0.1, 0.15) is 0 Å². The molecule has 0 aromatic carbocycles. The van der Waals surface area contributed by atoms with Crippen LogP contribution >= 0.6 is 0 Å². The van der Waals surface area contributed by atoms with E-state index < -0.39 is 11.0 Å². The van der Waals surface area contributed by atoms with Crippen molar-refractivity contribution in [3.8, 4) is 0 Å². The highest BCUT2D eigenvalue weighted by molar-refractivity contribution is 7.83. The first-order chi connectivity index (χ1) is 6.16. The first kappa shape index (κ1) is 11.1. The van der Waals surface area contributed by atoms with Crippen molar-refractivity contribution in [1.29, 1.82) is 0 Å². The van der Waals surface area contributed by atoms with Crippen molar-refractivity contribution in [1.82, 2.24) is 4.31 Å². The highest BCUT2D eigenvalue weighted by Crippen LogP contribution is 2.12. The minimum absolute atomic E-state index is 0.0124. The van der Waals surface area contributed by atoms with Crippen LogP contribution in [-0.4, -0.2) is 51.3 Å². The lowest BCUT2D eigenvalue weighted by Gasteiger charge is -2.34. The molecule has 0 aromatic heterocycles. The lowest BCUT2D eigenvalue weighted by atomic mass is 10.3. The normalized spacial score (nSPS) is 27.8. The van der Waals surface area contributed by atoms with E-state index in [1.165, 1.54) is 0 Å². The van der Waals surface area contributed by atoms with E-state index >= 15 is 0 Å². The van der Waals surface area contributed by atoms with Gasteiger partial charge in [0.15, 0.2) is 0 Å². The highest BCUT2D eigenvalue weighted by Gasteiger charge is 2.27. The van der Waals surface area contributed by atoms with Crippen LogP contribution in [-0.2, 0) is 15.7 Å². The molecular formula is C8H17NO3S. The molecule has 1 aliphatic rings. The van der Waals surface area contributed by atoms with Crippen LogP contribution in [0.3, 0.4) is 0 Å². The second kappa shape index (κ2) is 5.05. The predicted octanol–water partition coefficient (Wildman–Crippen LogP) is -0.248. The molecule has 1 heterocycles. The molecule has 0 bridgehead atoms. The van der Waals surface area contributed by atoms with E-state index in [0.29, 0.717) is 19.8 Å². The zero-order valence-corrected chi connectivity index (χ0v) is 8.92. The highest BCUT2D eigenvalue weighted by atomic mass is 32.2. The molecule has 5 heteroatoms. The summed E-state index contributed by atoms with van der Waals surface area (Å²) in [5.41, 5.74) is 0. The van der Waals surface area contributed by atoms with Gasteiger partial charge in [0.25, 0.3) is 0 Å². The molecule has 2 atom stereocenters. The van der Waals surface area contributed by atoms with Gasteiger partial charge in [-0.1, -0.05) is 0 Å². The maximum Gasteiger partial charge on any atom is 0.0973 e. The topological polar surface area (TPSA) is 49.8 Å². The molecule has 0 amide bonds. The first-order valence-electron chi connectivity index (χ1n) is 4.52. The minimum Gasteiger partial charge on any atom is -0.395 e. The zero-order chi connectivity index (χ0) is 9.84. The Kier molecular flexibility index (Phi) is 4.31. The van der Waals surface area contributed by atoms with Gasteiger partial charge in [-0.25, -0.2) is 8.51 Å². The molecule has 0 aromatic rings. The van der Waals surface area contributed by atoms with Crippen LogP contribution in [0.15, 0.2) is 0 Å². The number of morpholine rings is 1. The predicted molar refractivity (Wildman–Crippen MR) is 51.7 cm³/mol. The number of rotatable bonds is 3. The van der Waals surface area contributed by atoms with Crippen molar-refractivity contribution < 1.29 is 14.1 Å². The van der Waals surface area contributed by atoms with Gasteiger partial charge in [0, 0.05) is 11.8 Å². The van der Waals surface area contributed by atoms with Crippen LogP contribution in [0.1, 0.15) is 13.8 Å². The molecule has 1 N–H and O–H groups in total. The molecule has 2 unspecified atom stereocenters. The second-order valence-corrected chi connectivity index (χ2v) is 5.34. The number of nitrogens with zero attached hydrogens (tertiary/aromatic N) is 1. The van der Waals surface area contributed by atoms with Gasteiger partial charge in [-0.15, -0.1) is 0 Å². The average Bonchev–Trinajstić information content (AvgIpc) is 2.16. The molecule has 0 saturated carbocycles. The van der Waals surface area contributed by atoms with Gasteiger partial charge in [0.05, 0.1) is 36.8 Å². The van der Waals surface area contributed by atoms with Crippen LogP contribution in [0.5, 0.6) is 0 Å². The van der Waals surface area contributed by atoms with Crippen LogP contribution in [0.25, 0.3) is 0 Å². The van der Waals surface area contributed by atoms with E-state index in [4.69, 9.17) is 9.84 Å². The Hall–Kier alpha value is 0.0300. The Morgan fingerprint density at radius 2 is 2.38 bits per heavy atom. The van der Waals surface area contributed by atoms with Gasteiger partial charge in [-0.3, -0.25) is 0 Å². The summed E-state index contributed by atoms with van der Waals surface area (Å²) in [6.07, 6.45) is 0. The summed E-state index contributed by atoms with van der Waals surface area (Å²) in [7, 11) is -0.995. The van der Waals surface area contributed by atoms with Gasteiger partial charge in [-0.2, -0.15) is 0 Å². The van der Waals surface area contributed by atoms with Crippen molar-refractivity contribution in [3.05, 3.63) is 0 Å². The molecule has 0 aliphatic carbocycles. The smallest absolute Gasteiger partial charge is 0.0973 e. The summed E-state index contributed by atoms with van der Waals surface area (Å²) in [5.74, 6) is 0. The van der Waals surface area contributed by atoms with Gasteiger partial charge in [0.2, 0.25) is 0 Å². The maximum absolute atomic E-state index is 11.7. The monoisotopic (exact) mass is 207 g/mol. The summed E-state index contributed by atoms with van der Waals surface area (Å²) >= 11 is 0. The van der Waals surface area contributed by atoms with Crippen molar-refractivity contribution in [2.45, 2.75) is 25.1 Å². The van der Waals surface area contributed by atoms with E-state index in [9.17, 15) is 4.21 Å². The third-order valence-electron chi connectivity index (χ3n) is 2.02. The lowest BCUT2D eigenvalue weighted by Crippen LogP contribution is -2.49. The lowest BCUT2D eigenvalue weighted by molar-refractivity contribution is 0.0129. The Morgan fingerprint density at radius 1 is 1.69 bits per heavy atom. The van der Waals surface area contributed by atoms with Crippen molar-refractivity contribution in [2.24, 2.45) is 0 Å². The zero-order valence-electron chi connectivity index (χ0n) is 8.10. The van der Waals surface area contributed by atoms with Gasteiger partial charge in [-0.05, 0) is 13.8 Å². The molecule has 0 spiro atoms. The van der Waals surface area contributed by atoms with E-state index in [1.807, 2.05) is 18.2 Å². The number of ether oxygens (including phenoxy) is 1. The van der Waals surface area contributed by atoms with Crippen LogP contribution in [0, 0.1) is 0 Å². The SMILES string of the molecule is CC(C)S(=O)N1CCOCC1CO. The fourth-order valence-electron chi connectivity index (χ4n) is 1.29. The Morgan fingerprint density at radius 3 is 2.92 bits per heavy atom. The number of aliphatic hydroxyl groups excluding tert-OH is 1. The fourth-order valence-corrected chi connectivity index (χ4v) is 2.51. The van der Waals surface area contributed by atoms with E-state index in [-0.39, 0.29) is 17.9 Å². The van der Waals surface area contributed by atoms with Crippen LogP contribution in [0.2, 0.25) is 0 Å². The molecule has 1 fully saturated rings. The number of hydrogen-bond acceptors (Lipinski definition) is 3. The van der Waals surface area contributed by atoms with Crippen LogP contribution < -0.4 is 0 Å². The molecule has 1 saturated heterocycles. The largest absolute Gasteiger partial charge is 0.395 e. The molecule has 1 rings (SSSR count). The first-order valence-corrected chi connectivity index (χ1v) is 5.69. The quantitative estimate of drug-likeness (QED) is 0.694. The van der Waals surface area contributed by atoms with Crippen molar-refractivity contribution in [3.63, 3.8) is 0 Å². The van der Waals surface area contributed by atoms with E-state index in [1.54, 1.807) is 0 Å². The van der Waals surface area contributed by atoms with Crippen molar-refractivity contribution >= 4 is 11.0 Å². The number of hydrogen-bond donors (Lipinski definition) is 1. The summed E-state index contributed by atoms with van der Waals surface area (Å²) in [6, 6.07) is -0.100. The van der Waals surface area contributed by atoms with Crippen LogP contribution in [0.4, 0.5) is 0 Å². The molecule has 4 nitrogen and oxygen atoms in total. The average molecular weight is 207 g/mol.